The predicted molar refractivity (Wildman–Crippen MR) is 128 cm³/mol. The predicted octanol–water partition coefficient (Wildman–Crippen LogP) is 3.42. The first-order valence-electron chi connectivity index (χ1n) is 11.0. The molecular weight excluding hydrogens is 452 g/mol. The van der Waals surface area contributed by atoms with Gasteiger partial charge in [0, 0.05) is 41.2 Å². The highest BCUT2D eigenvalue weighted by molar-refractivity contribution is 6.25. The summed E-state index contributed by atoms with van der Waals surface area (Å²) in [5.41, 5.74) is 1.39. The molecule has 1 heterocycles. The van der Waals surface area contributed by atoms with Crippen LogP contribution in [-0.4, -0.2) is 56.0 Å². The zero-order valence-corrected chi connectivity index (χ0v) is 19.3. The summed E-state index contributed by atoms with van der Waals surface area (Å²) < 4.78 is 15.4. The molecule has 35 heavy (non-hydrogen) atoms. The number of carbonyl (C=O) groups excluding carboxylic acids is 4. The van der Waals surface area contributed by atoms with E-state index in [0.717, 1.165) is 10.3 Å². The lowest BCUT2D eigenvalue weighted by Gasteiger charge is -2.27. The molecule has 0 atom stereocenters. The normalized spacial score (nSPS) is 12.5. The molecule has 1 N–H and O–H groups in total. The summed E-state index contributed by atoms with van der Waals surface area (Å²) >= 11 is 0. The number of nitrogens with one attached hydrogen (secondary N) is 1. The quantitative estimate of drug-likeness (QED) is 0.372. The van der Waals surface area contributed by atoms with Gasteiger partial charge in [0.1, 0.15) is 0 Å². The van der Waals surface area contributed by atoms with Crippen molar-refractivity contribution in [2.24, 2.45) is 0 Å². The summed E-state index contributed by atoms with van der Waals surface area (Å²) in [6.45, 7) is -0.403. The maximum atomic E-state index is 12.9. The van der Waals surface area contributed by atoms with Gasteiger partial charge in [-0.15, -0.1) is 0 Å². The van der Waals surface area contributed by atoms with Crippen LogP contribution in [0.25, 0.3) is 10.8 Å². The van der Waals surface area contributed by atoms with Crippen LogP contribution in [0.3, 0.4) is 0 Å². The van der Waals surface area contributed by atoms with Crippen molar-refractivity contribution in [1.29, 1.82) is 0 Å². The van der Waals surface area contributed by atoms with Crippen LogP contribution in [-0.2, 0) is 14.3 Å². The van der Waals surface area contributed by atoms with Gasteiger partial charge >= 0.3 is 5.97 Å². The highest BCUT2D eigenvalue weighted by Gasteiger charge is 2.32. The van der Waals surface area contributed by atoms with Gasteiger partial charge in [0.25, 0.3) is 17.7 Å². The average molecular weight is 476 g/mol. The van der Waals surface area contributed by atoms with Gasteiger partial charge < -0.3 is 19.5 Å². The topological polar surface area (TPSA) is 111 Å². The Morgan fingerprint density at radius 2 is 1.54 bits per heavy atom. The SMILES string of the molecule is COc1ccc(NC(=O)COC(=O)CCCN2C(=O)c3cccc4cccc(c34)C2=O)cc1OC. The van der Waals surface area contributed by atoms with Crippen LogP contribution >= 0.6 is 0 Å². The standard InChI is InChI=1S/C26H24N2O7/c1-33-20-12-11-17(14-21(20)34-2)27-22(29)15-35-23(30)10-5-13-28-25(31)18-8-3-6-16-7-4-9-19(24(16)18)26(28)32/h3-4,6-9,11-12,14H,5,10,13,15H2,1-2H3,(H,27,29). The number of methoxy groups -OCH3 is 2. The summed E-state index contributed by atoms with van der Waals surface area (Å²) in [5, 5.41) is 4.10. The molecule has 1 aliphatic heterocycles. The maximum absolute atomic E-state index is 12.9. The third-order valence-electron chi connectivity index (χ3n) is 5.65. The number of benzene rings is 3. The second-order valence-electron chi connectivity index (χ2n) is 7.85. The van der Waals surface area contributed by atoms with Gasteiger partial charge in [0.05, 0.1) is 14.2 Å². The molecule has 0 aromatic heterocycles. The molecule has 0 saturated heterocycles. The second-order valence-corrected chi connectivity index (χ2v) is 7.85. The van der Waals surface area contributed by atoms with E-state index in [1.807, 2.05) is 12.1 Å². The number of imide groups is 1. The molecule has 9 nitrogen and oxygen atoms in total. The largest absolute Gasteiger partial charge is 0.493 e. The van der Waals surface area contributed by atoms with Crippen molar-refractivity contribution in [2.75, 3.05) is 32.7 Å². The van der Waals surface area contributed by atoms with Gasteiger partial charge in [-0.25, -0.2) is 0 Å². The van der Waals surface area contributed by atoms with Crippen molar-refractivity contribution >= 4 is 40.2 Å². The minimum absolute atomic E-state index is 0.0491. The maximum Gasteiger partial charge on any atom is 0.306 e. The number of anilines is 1. The Labute approximate surface area is 201 Å². The molecule has 0 unspecified atom stereocenters. The van der Waals surface area contributed by atoms with Gasteiger partial charge in [-0.05, 0) is 36.1 Å². The molecule has 3 aromatic rings. The van der Waals surface area contributed by atoms with Crippen LogP contribution in [0.4, 0.5) is 5.69 Å². The van der Waals surface area contributed by atoms with Crippen LogP contribution in [0.5, 0.6) is 11.5 Å². The number of hydrogen-bond acceptors (Lipinski definition) is 7. The van der Waals surface area contributed by atoms with E-state index in [9.17, 15) is 19.2 Å². The Bertz CT molecular complexity index is 1270. The molecule has 0 aliphatic carbocycles. The summed E-state index contributed by atoms with van der Waals surface area (Å²) in [6, 6.07) is 15.5. The molecule has 0 fully saturated rings. The van der Waals surface area contributed by atoms with Crippen molar-refractivity contribution in [3.8, 4) is 11.5 Å². The van der Waals surface area contributed by atoms with Crippen molar-refractivity contribution in [2.45, 2.75) is 12.8 Å². The third kappa shape index (κ3) is 4.93. The summed E-state index contributed by atoms with van der Waals surface area (Å²) in [5.74, 6) is -0.932. The van der Waals surface area contributed by atoms with Crippen molar-refractivity contribution < 1.29 is 33.4 Å². The second kappa shape index (κ2) is 10.3. The summed E-state index contributed by atoms with van der Waals surface area (Å²) in [6.07, 6.45) is 0.165. The van der Waals surface area contributed by atoms with Crippen molar-refractivity contribution in [3.05, 3.63) is 65.7 Å². The zero-order chi connectivity index (χ0) is 24.9. The molecule has 180 valence electrons. The molecule has 0 saturated carbocycles. The van der Waals surface area contributed by atoms with E-state index in [4.69, 9.17) is 14.2 Å². The Morgan fingerprint density at radius 1 is 0.886 bits per heavy atom. The monoisotopic (exact) mass is 476 g/mol. The number of rotatable bonds is 9. The molecule has 1 aliphatic rings. The lowest BCUT2D eigenvalue weighted by molar-refractivity contribution is -0.147. The first-order chi connectivity index (χ1) is 16.9. The molecule has 9 heteroatoms. The average Bonchev–Trinajstić information content (AvgIpc) is 2.87. The van der Waals surface area contributed by atoms with E-state index in [1.165, 1.54) is 14.2 Å². The lowest BCUT2D eigenvalue weighted by atomic mass is 9.94. The van der Waals surface area contributed by atoms with Crippen LogP contribution < -0.4 is 14.8 Å². The van der Waals surface area contributed by atoms with Crippen LogP contribution in [0.1, 0.15) is 33.6 Å². The fourth-order valence-corrected chi connectivity index (χ4v) is 3.99. The van der Waals surface area contributed by atoms with Crippen LogP contribution in [0.15, 0.2) is 54.6 Å². The number of carbonyl (C=O) groups is 4. The molecular formula is C26H24N2O7. The Morgan fingerprint density at radius 3 is 2.17 bits per heavy atom. The van der Waals surface area contributed by atoms with Crippen molar-refractivity contribution in [3.63, 3.8) is 0 Å². The number of nitrogens with zero attached hydrogens (tertiary/aromatic N) is 1. The van der Waals surface area contributed by atoms with Gasteiger partial charge in [-0.2, -0.15) is 0 Å². The van der Waals surface area contributed by atoms with Gasteiger partial charge in [-0.1, -0.05) is 24.3 Å². The minimum atomic E-state index is -0.605. The molecule has 3 aromatic carbocycles. The van der Waals surface area contributed by atoms with Crippen LogP contribution in [0, 0.1) is 0 Å². The van der Waals surface area contributed by atoms with E-state index < -0.39 is 18.5 Å². The van der Waals surface area contributed by atoms with Crippen LogP contribution in [0.2, 0.25) is 0 Å². The number of ether oxygens (including phenoxy) is 3. The highest BCUT2D eigenvalue weighted by atomic mass is 16.5. The summed E-state index contributed by atoms with van der Waals surface area (Å²) in [7, 11) is 2.99. The Hall–Kier alpha value is -4.40. The van der Waals surface area contributed by atoms with E-state index in [1.54, 1.807) is 42.5 Å². The Kier molecular flexibility index (Phi) is 6.96. The molecule has 0 radical (unpaired) electrons. The molecule has 0 bridgehead atoms. The first kappa shape index (κ1) is 23.7. The molecule has 3 amide bonds. The number of amides is 3. The fourth-order valence-electron chi connectivity index (χ4n) is 3.99. The molecule has 0 spiro atoms. The van der Waals surface area contributed by atoms with E-state index in [0.29, 0.717) is 33.7 Å². The smallest absolute Gasteiger partial charge is 0.306 e. The lowest BCUT2D eigenvalue weighted by Crippen LogP contribution is -2.41. The van der Waals surface area contributed by atoms with Gasteiger partial charge in [-0.3, -0.25) is 24.1 Å². The third-order valence-corrected chi connectivity index (χ3v) is 5.65. The van der Waals surface area contributed by atoms with E-state index >= 15 is 0 Å². The van der Waals surface area contributed by atoms with Gasteiger partial charge in [0.15, 0.2) is 18.1 Å². The highest BCUT2D eigenvalue weighted by Crippen LogP contribution is 2.31. The van der Waals surface area contributed by atoms with E-state index in [2.05, 4.69) is 5.32 Å². The first-order valence-corrected chi connectivity index (χ1v) is 11.0. The Balaban J connectivity index is 1.27. The van der Waals surface area contributed by atoms with Gasteiger partial charge in [0.2, 0.25) is 0 Å². The number of hydrogen-bond donors (Lipinski definition) is 1. The van der Waals surface area contributed by atoms with E-state index in [-0.39, 0.29) is 31.2 Å². The summed E-state index contributed by atoms with van der Waals surface area (Å²) in [4.78, 5) is 51.2. The number of esters is 1. The minimum Gasteiger partial charge on any atom is -0.493 e. The zero-order valence-electron chi connectivity index (χ0n) is 19.3. The molecule has 4 rings (SSSR count). The fraction of sp³-hybridized carbons (Fsp3) is 0.231. The van der Waals surface area contributed by atoms with Crippen molar-refractivity contribution in [1.82, 2.24) is 4.90 Å².